The Labute approximate surface area is 204 Å². The number of carbonyl (C=O) groups excluding carboxylic acids is 1. The first-order valence-corrected chi connectivity index (χ1v) is 11.8. The summed E-state index contributed by atoms with van der Waals surface area (Å²) in [6, 6.07) is 15.8. The summed E-state index contributed by atoms with van der Waals surface area (Å²) in [4.78, 5) is 33.5. The summed E-state index contributed by atoms with van der Waals surface area (Å²) < 4.78 is 0. The zero-order chi connectivity index (χ0) is 24.6. The van der Waals surface area contributed by atoms with Gasteiger partial charge in [0.25, 0.3) is 5.91 Å². The van der Waals surface area contributed by atoms with Crippen LogP contribution in [0.4, 0.5) is 5.82 Å². The Bertz CT molecular complexity index is 1390. The molecule has 4 rings (SSSR count). The molecule has 35 heavy (non-hydrogen) atoms. The van der Waals surface area contributed by atoms with E-state index in [9.17, 15) is 9.59 Å². The SMILES string of the molecule is CN(C)CCNC(=O)c1ccc(-c2cccc(CNc3nc(=O)[nH]c4c3=CC=CCCC=4)c2)cc1. The van der Waals surface area contributed by atoms with E-state index in [0.717, 1.165) is 46.6 Å². The largest absolute Gasteiger partial charge is 0.365 e. The highest BCUT2D eigenvalue weighted by atomic mass is 16.1. The van der Waals surface area contributed by atoms with E-state index >= 15 is 0 Å². The monoisotopic (exact) mass is 469 g/mol. The number of H-pyrrole nitrogens is 1. The van der Waals surface area contributed by atoms with Gasteiger partial charge in [0.05, 0.1) is 0 Å². The molecule has 2 aromatic carbocycles. The maximum Gasteiger partial charge on any atom is 0.347 e. The molecule has 0 radical (unpaired) electrons. The zero-order valence-electron chi connectivity index (χ0n) is 20.2. The maximum atomic E-state index is 12.3. The van der Waals surface area contributed by atoms with Crippen molar-refractivity contribution in [2.75, 3.05) is 32.5 Å². The Balaban J connectivity index is 1.48. The number of allylic oxidation sites excluding steroid dienone is 2. The Kier molecular flexibility index (Phi) is 7.90. The number of nitrogens with one attached hydrogen (secondary N) is 3. The van der Waals surface area contributed by atoms with Crippen LogP contribution in [0.5, 0.6) is 0 Å². The lowest BCUT2D eigenvalue weighted by Gasteiger charge is -2.11. The molecule has 180 valence electrons. The lowest BCUT2D eigenvalue weighted by molar-refractivity contribution is 0.0951. The van der Waals surface area contributed by atoms with Gasteiger partial charge in [0.1, 0.15) is 5.82 Å². The minimum Gasteiger partial charge on any atom is -0.365 e. The molecule has 3 aromatic rings. The Morgan fingerprint density at radius 2 is 1.91 bits per heavy atom. The molecule has 1 amide bonds. The van der Waals surface area contributed by atoms with Crippen LogP contribution in [0, 0.1) is 0 Å². The van der Waals surface area contributed by atoms with Crippen molar-refractivity contribution in [3.63, 3.8) is 0 Å². The van der Waals surface area contributed by atoms with Crippen LogP contribution in [-0.4, -0.2) is 48.0 Å². The quantitative estimate of drug-likeness (QED) is 0.471. The fraction of sp³-hybridized carbons (Fsp3) is 0.250. The second-order valence-corrected chi connectivity index (χ2v) is 8.78. The molecule has 0 unspecified atom stereocenters. The molecule has 3 N–H and O–H groups in total. The molecule has 0 bridgehead atoms. The van der Waals surface area contributed by atoms with Crippen LogP contribution < -0.4 is 26.9 Å². The lowest BCUT2D eigenvalue weighted by Crippen LogP contribution is -2.38. The third kappa shape index (κ3) is 6.55. The topological polar surface area (TPSA) is 90.1 Å². The van der Waals surface area contributed by atoms with Crippen LogP contribution in [0.3, 0.4) is 0 Å². The summed E-state index contributed by atoms with van der Waals surface area (Å²) >= 11 is 0. The van der Waals surface area contributed by atoms with E-state index in [1.54, 1.807) is 0 Å². The summed E-state index contributed by atoms with van der Waals surface area (Å²) in [6.07, 6.45) is 9.94. The lowest BCUT2D eigenvalue weighted by atomic mass is 10.0. The van der Waals surface area contributed by atoms with Crippen LogP contribution in [0.1, 0.15) is 28.8 Å². The number of anilines is 1. The van der Waals surface area contributed by atoms with Gasteiger partial charge in [-0.3, -0.25) is 4.79 Å². The molecule has 0 fully saturated rings. The first-order valence-electron chi connectivity index (χ1n) is 11.8. The second-order valence-electron chi connectivity index (χ2n) is 8.78. The first-order chi connectivity index (χ1) is 17.0. The van der Waals surface area contributed by atoms with Crippen molar-refractivity contribution in [3.8, 4) is 11.1 Å². The smallest absolute Gasteiger partial charge is 0.347 e. The molecule has 0 atom stereocenters. The highest BCUT2D eigenvalue weighted by molar-refractivity contribution is 5.94. The molecular formula is C28H31N5O2. The number of rotatable bonds is 8. The maximum absolute atomic E-state index is 12.3. The van der Waals surface area contributed by atoms with E-state index in [1.807, 2.05) is 79.7 Å². The van der Waals surface area contributed by atoms with Crippen molar-refractivity contribution in [1.29, 1.82) is 0 Å². The average molecular weight is 470 g/mol. The predicted octanol–water partition coefficient (Wildman–Crippen LogP) is 2.25. The molecule has 1 aromatic heterocycles. The number of hydrogen-bond donors (Lipinski definition) is 3. The number of nitrogens with zero attached hydrogens (tertiary/aromatic N) is 2. The molecule has 0 saturated carbocycles. The van der Waals surface area contributed by atoms with Gasteiger partial charge in [-0.15, -0.1) is 0 Å². The van der Waals surface area contributed by atoms with E-state index < -0.39 is 0 Å². The van der Waals surface area contributed by atoms with Gasteiger partial charge < -0.3 is 20.5 Å². The van der Waals surface area contributed by atoms with E-state index in [4.69, 9.17) is 0 Å². The van der Waals surface area contributed by atoms with E-state index in [0.29, 0.717) is 24.5 Å². The van der Waals surface area contributed by atoms with Gasteiger partial charge in [0.15, 0.2) is 0 Å². The predicted molar refractivity (Wildman–Crippen MR) is 142 cm³/mol. The summed E-state index contributed by atoms with van der Waals surface area (Å²) in [7, 11) is 3.95. The van der Waals surface area contributed by atoms with Gasteiger partial charge in [-0.25, -0.2) is 4.79 Å². The van der Waals surface area contributed by atoms with Crippen LogP contribution in [0.15, 0.2) is 65.5 Å². The second kappa shape index (κ2) is 11.4. The number of benzene rings is 2. The average Bonchev–Trinajstić information content (AvgIpc) is 2.83. The molecule has 1 aliphatic rings. The number of likely N-dealkylation sites (N-methyl/N-ethyl adjacent to an activating group) is 1. The van der Waals surface area contributed by atoms with Crippen LogP contribution >= 0.6 is 0 Å². The van der Waals surface area contributed by atoms with Crippen molar-refractivity contribution >= 4 is 23.9 Å². The standard InChI is InChI=1S/C28H31N5O2/c1-33(2)17-16-29-27(34)22-14-12-21(13-15-22)23-9-7-8-20(18-23)19-30-26-24-10-5-3-4-6-11-25(24)31-28(35)32-26/h3,5,7-15,18H,4,6,16-17,19H2,1-2H3,(H,29,34)(H2,30,31,32,35). The van der Waals surface area contributed by atoms with E-state index in [2.05, 4.69) is 32.7 Å². The van der Waals surface area contributed by atoms with Crippen LogP contribution in [0.2, 0.25) is 0 Å². The normalized spacial score (nSPS) is 12.7. The van der Waals surface area contributed by atoms with Crippen LogP contribution in [-0.2, 0) is 6.54 Å². The van der Waals surface area contributed by atoms with Gasteiger partial charge in [-0.1, -0.05) is 48.6 Å². The molecular weight excluding hydrogens is 438 g/mol. The fourth-order valence-electron chi connectivity index (χ4n) is 3.90. The zero-order valence-corrected chi connectivity index (χ0v) is 20.2. The van der Waals surface area contributed by atoms with Crippen molar-refractivity contribution < 1.29 is 4.79 Å². The van der Waals surface area contributed by atoms with Gasteiger partial charge in [-0.05, 0) is 67.9 Å². The fourth-order valence-corrected chi connectivity index (χ4v) is 3.90. The number of carbonyl (C=O) groups is 1. The minimum absolute atomic E-state index is 0.0690. The summed E-state index contributed by atoms with van der Waals surface area (Å²) in [5, 5.41) is 7.96. The highest BCUT2D eigenvalue weighted by Gasteiger charge is 2.07. The Morgan fingerprint density at radius 3 is 2.71 bits per heavy atom. The Hall–Kier alpha value is -3.97. The molecule has 0 spiro atoms. The molecule has 0 saturated heterocycles. The molecule has 1 heterocycles. The molecule has 7 nitrogen and oxygen atoms in total. The highest BCUT2D eigenvalue weighted by Crippen LogP contribution is 2.21. The van der Waals surface area contributed by atoms with Crippen molar-refractivity contribution in [2.45, 2.75) is 19.4 Å². The van der Waals surface area contributed by atoms with Crippen molar-refractivity contribution in [1.82, 2.24) is 20.2 Å². The molecule has 7 heteroatoms. The number of hydrogen-bond acceptors (Lipinski definition) is 5. The summed E-state index contributed by atoms with van der Waals surface area (Å²) in [5.74, 6) is 0.502. The first kappa shape index (κ1) is 24.2. The number of amides is 1. The van der Waals surface area contributed by atoms with Crippen molar-refractivity contribution in [2.24, 2.45) is 0 Å². The number of aromatic nitrogens is 2. The number of aromatic amines is 1. The Morgan fingerprint density at radius 1 is 1.09 bits per heavy atom. The number of fused-ring (bicyclic) bond motifs is 1. The van der Waals surface area contributed by atoms with Gasteiger partial charge >= 0.3 is 5.69 Å². The minimum atomic E-state index is -0.361. The third-order valence-electron chi connectivity index (χ3n) is 5.79. The van der Waals surface area contributed by atoms with Crippen molar-refractivity contribution in [3.05, 3.63) is 92.9 Å². The van der Waals surface area contributed by atoms with Gasteiger partial charge in [-0.2, -0.15) is 4.98 Å². The van der Waals surface area contributed by atoms with E-state index in [-0.39, 0.29) is 11.6 Å². The van der Waals surface area contributed by atoms with Gasteiger partial charge in [0.2, 0.25) is 0 Å². The molecule has 0 aliphatic heterocycles. The van der Waals surface area contributed by atoms with Crippen LogP contribution in [0.25, 0.3) is 23.3 Å². The summed E-state index contributed by atoms with van der Waals surface area (Å²) in [6.45, 7) is 1.94. The third-order valence-corrected chi connectivity index (χ3v) is 5.79. The molecule has 1 aliphatic carbocycles. The summed E-state index contributed by atoms with van der Waals surface area (Å²) in [5.41, 5.74) is 3.43. The van der Waals surface area contributed by atoms with E-state index in [1.165, 1.54) is 0 Å². The van der Waals surface area contributed by atoms with Gasteiger partial charge in [0, 0.05) is 35.8 Å².